The number of nitrogens with zero attached hydrogens (tertiary/aromatic N) is 1. The molecule has 1 saturated heterocycles. The number of hydrogen-bond acceptors (Lipinski definition) is 3. The molecule has 1 fully saturated rings. The number of nitrogens with two attached hydrogens (primary N) is 1. The lowest BCUT2D eigenvalue weighted by Crippen LogP contribution is -2.38. The van der Waals surface area contributed by atoms with E-state index < -0.39 is 10.0 Å². The van der Waals surface area contributed by atoms with Gasteiger partial charge in [0.1, 0.15) is 0 Å². The van der Waals surface area contributed by atoms with Crippen molar-refractivity contribution in [3.8, 4) is 0 Å². The van der Waals surface area contributed by atoms with Crippen LogP contribution in [0.4, 0.5) is 0 Å². The summed E-state index contributed by atoms with van der Waals surface area (Å²) >= 11 is 0. The van der Waals surface area contributed by atoms with E-state index in [0.29, 0.717) is 11.5 Å². The van der Waals surface area contributed by atoms with E-state index in [9.17, 15) is 13.2 Å². The van der Waals surface area contributed by atoms with Gasteiger partial charge in [0.05, 0.1) is 4.90 Å². The summed E-state index contributed by atoms with van der Waals surface area (Å²) < 4.78 is 22.9. The maximum atomic E-state index is 12.8. The number of carbonyl (C=O) groups excluding carboxylic acids is 1. The number of likely N-dealkylation sites (tertiary alicyclic amines) is 1. The molecule has 1 aromatic rings. The van der Waals surface area contributed by atoms with Gasteiger partial charge in [-0.3, -0.25) is 4.79 Å². The highest BCUT2D eigenvalue weighted by Gasteiger charge is 2.32. The first kappa shape index (κ1) is 16.0. The van der Waals surface area contributed by atoms with Gasteiger partial charge in [-0.05, 0) is 43.4 Å². The first-order valence-corrected chi connectivity index (χ1v) is 8.71. The molecular formula is C15H22N2O3S. The molecule has 1 amide bonds. The van der Waals surface area contributed by atoms with E-state index in [1.807, 2.05) is 4.90 Å². The Morgan fingerprint density at radius 2 is 2.05 bits per heavy atom. The second-order valence-corrected chi connectivity index (χ2v) is 7.54. The lowest BCUT2D eigenvalue weighted by atomic mass is 10.0. The summed E-state index contributed by atoms with van der Waals surface area (Å²) in [6.07, 6.45) is 1.99. The maximum Gasteiger partial charge on any atom is 0.254 e. The molecule has 0 aromatic heterocycles. The Labute approximate surface area is 126 Å². The SMILES string of the molecule is Cc1ccc(S(N)(=O)=O)cc1C(=O)N1CCCC1C(C)C. The van der Waals surface area contributed by atoms with Gasteiger partial charge in [-0.1, -0.05) is 19.9 Å². The summed E-state index contributed by atoms with van der Waals surface area (Å²) in [7, 11) is -3.80. The fourth-order valence-corrected chi connectivity index (χ4v) is 3.44. The maximum absolute atomic E-state index is 12.8. The van der Waals surface area contributed by atoms with Gasteiger partial charge < -0.3 is 4.90 Å². The Kier molecular flexibility index (Phi) is 4.39. The zero-order valence-corrected chi connectivity index (χ0v) is 13.5. The van der Waals surface area contributed by atoms with Crippen molar-refractivity contribution in [1.29, 1.82) is 0 Å². The Balaban J connectivity index is 2.39. The van der Waals surface area contributed by atoms with E-state index >= 15 is 0 Å². The summed E-state index contributed by atoms with van der Waals surface area (Å²) in [5.74, 6) is 0.285. The van der Waals surface area contributed by atoms with Crippen molar-refractivity contribution in [2.45, 2.75) is 44.6 Å². The summed E-state index contributed by atoms with van der Waals surface area (Å²) in [6, 6.07) is 4.68. The van der Waals surface area contributed by atoms with E-state index in [4.69, 9.17) is 5.14 Å². The third-order valence-corrected chi connectivity index (χ3v) is 5.01. The van der Waals surface area contributed by atoms with Crippen LogP contribution in [0.15, 0.2) is 23.1 Å². The molecule has 1 aromatic carbocycles. The number of rotatable bonds is 3. The number of primary sulfonamides is 1. The number of benzene rings is 1. The lowest BCUT2D eigenvalue weighted by Gasteiger charge is -2.28. The Bertz CT molecular complexity index is 653. The first-order chi connectivity index (χ1) is 9.71. The largest absolute Gasteiger partial charge is 0.335 e. The van der Waals surface area contributed by atoms with Crippen LogP contribution < -0.4 is 5.14 Å². The Morgan fingerprint density at radius 3 is 2.62 bits per heavy atom. The smallest absolute Gasteiger partial charge is 0.254 e. The van der Waals surface area contributed by atoms with E-state index in [1.54, 1.807) is 13.0 Å². The van der Waals surface area contributed by atoms with Gasteiger partial charge in [-0.15, -0.1) is 0 Å². The second kappa shape index (κ2) is 5.77. The Hall–Kier alpha value is -1.40. The molecule has 2 rings (SSSR count). The van der Waals surface area contributed by atoms with Crippen molar-refractivity contribution in [3.63, 3.8) is 0 Å². The van der Waals surface area contributed by atoms with Crippen LogP contribution in [0.5, 0.6) is 0 Å². The van der Waals surface area contributed by atoms with E-state index in [1.165, 1.54) is 12.1 Å². The first-order valence-electron chi connectivity index (χ1n) is 7.16. The average molecular weight is 310 g/mol. The molecule has 5 nitrogen and oxygen atoms in total. The number of sulfonamides is 1. The van der Waals surface area contributed by atoms with Crippen LogP contribution in [-0.2, 0) is 10.0 Å². The fourth-order valence-electron chi connectivity index (χ4n) is 2.90. The molecule has 0 spiro atoms. The molecule has 1 heterocycles. The molecule has 1 atom stereocenters. The number of amides is 1. The van der Waals surface area contributed by atoms with Gasteiger partial charge >= 0.3 is 0 Å². The summed E-state index contributed by atoms with van der Waals surface area (Å²) in [5, 5.41) is 5.15. The van der Waals surface area contributed by atoms with Gasteiger partial charge in [0.2, 0.25) is 10.0 Å². The standard InChI is InChI=1S/C15H22N2O3S/c1-10(2)14-5-4-8-17(14)15(18)13-9-12(21(16,19)20)7-6-11(13)3/h6-7,9-10,14H,4-5,8H2,1-3H3,(H2,16,19,20). The monoisotopic (exact) mass is 310 g/mol. The Morgan fingerprint density at radius 1 is 1.38 bits per heavy atom. The zero-order valence-electron chi connectivity index (χ0n) is 12.7. The third kappa shape index (κ3) is 3.27. The number of hydrogen-bond donors (Lipinski definition) is 1. The lowest BCUT2D eigenvalue weighted by molar-refractivity contribution is 0.0700. The van der Waals surface area contributed by atoms with Crippen molar-refractivity contribution in [3.05, 3.63) is 29.3 Å². The minimum Gasteiger partial charge on any atom is -0.335 e. The predicted molar refractivity (Wildman–Crippen MR) is 81.4 cm³/mol. The predicted octanol–water partition coefficient (Wildman–Crippen LogP) is 1.90. The molecule has 2 N–H and O–H groups in total. The van der Waals surface area contributed by atoms with E-state index in [2.05, 4.69) is 13.8 Å². The van der Waals surface area contributed by atoms with Gasteiger partial charge in [-0.2, -0.15) is 0 Å². The van der Waals surface area contributed by atoms with Gasteiger partial charge in [0.15, 0.2) is 0 Å². The molecule has 1 aliphatic heterocycles. The molecule has 6 heteroatoms. The molecule has 21 heavy (non-hydrogen) atoms. The molecule has 0 saturated carbocycles. The van der Waals surface area contributed by atoms with Gasteiger partial charge in [0.25, 0.3) is 5.91 Å². The zero-order chi connectivity index (χ0) is 15.8. The fraction of sp³-hybridized carbons (Fsp3) is 0.533. The summed E-state index contributed by atoms with van der Waals surface area (Å²) in [4.78, 5) is 14.6. The van der Waals surface area contributed by atoms with Gasteiger partial charge in [0, 0.05) is 18.2 Å². The molecule has 1 unspecified atom stereocenters. The number of carbonyl (C=O) groups is 1. The van der Waals surface area contributed by atoms with Crippen LogP contribution in [0.3, 0.4) is 0 Å². The normalized spacial score (nSPS) is 19.3. The summed E-state index contributed by atoms with van der Waals surface area (Å²) in [5.41, 5.74) is 1.19. The molecule has 116 valence electrons. The highest BCUT2D eigenvalue weighted by Crippen LogP contribution is 2.27. The third-order valence-electron chi connectivity index (χ3n) is 4.10. The van der Waals surface area contributed by atoms with Crippen molar-refractivity contribution < 1.29 is 13.2 Å². The average Bonchev–Trinajstić information content (AvgIpc) is 2.86. The van der Waals surface area contributed by atoms with E-state index in [0.717, 1.165) is 24.9 Å². The van der Waals surface area contributed by atoms with Crippen LogP contribution in [0.25, 0.3) is 0 Å². The molecule has 0 bridgehead atoms. The van der Waals surface area contributed by atoms with Crippen LogP contribution >= 0.6 is 0 Å². The minimum absolute atomic E-state index is 0.0169. The van der Waals surface area contributed by atoms with Crippen LogP contribution in [0.1, 0.15) is 42.6 Å². The van der Waals surface area contributed by atoms with Gasteiger partial charge in [-0.25, -0.2) is 13.6 Å². The number of aryl methyl sites for hydroxylation is 1. The topological polar surface area (TPSA) is 80.5 Å². The van der Waals surface area contributed by atoms with E-state index in [-0.39, 0.29) is 16.8 Å². The molecule has 0 radical (unpaired) electrons. The minimum atomic E-state index is -3.80. The van der Waals surface area contributed by atoms with Crippen LogP contribution in [-0.4, -0.2) is 31.8 Å². The van der Waals surface area contributed by atoms with Crippen molar-refractivity contribution in [2.75, 3.05) is 6.54 Å². The van der Waals surface area contributed by atoms with Crippen molar-refractivity contribution in [2.24, 2.45) is 11.1 Å². The second-order valence-electron chi connectivity index (χ2n) is 5.97. The van der Waals surface area contributed by atoms with Crippen LogP contribution in [0.2, 0.25) is 0 Å². The molecule has 1 aliphatic rings. The quantitative estimate of drug-likeness (QED) is 0.926. The van der Waals surface area contributed by atoms with Crippen molar-refractivity contribution >= 4 is 15.9 Å². The highest BCUT2D eigenvalue weighted by atomic mass is 32.2. The van der Waals surface area contributed by atoms with Crippen LogP contribution in [0, 0.1) is 12.8 Å². The molecular weight excluding hydrogens is 288 g/mol. The highest BCUT2D eigenvalue weighted by molar-refractivity contribution is 7.89. The van der Waals surface area contributed by atoms with Crippen molar-refractivity contribution in [1.82, 2.24) is 4.90 Å². The molecule has 0 aliphatic carbocycles. The summed E-state index contributed by atoms with van der Waals surface area (Å²) in [6.45, 7) is 6.73.